The molecule has 4 nitrogen and oxygen atoms in total. The van der Waals surface area contributed by atoms with Crippen LogP contribution in [0, 0.1) is 6.57 Å². The van der Waals surface area contributed by atoms with Gasteiger partial charge in [-0.1, -0.05) is 0 Å². The Morgan fingerprint density at radius 2 is 2.00 bits per heavy atom. The van der Waals surface area contributed by atoms with Gasteiger partial charge < -0.3 is 4.85 Å². The molecule has 1 saturated heterocycles. The van der Waals surface area contributed by atoms with Crippen molar-refractivity contribution in [1.82, 2.24) is 4.31 Å². The van der Waals surface area contributed by atoms with Crippen molar-refractivity contribution in [3.05, 3.63) is 11.4 Å². The molecule has 1 aliphatic heterocycles. The Bertz CT molecular complexity index is 295. The number of rotatable bonds is 1. The quantitative estimate of drug-likeness (QED) is 0.523. The summed E-state index contributed by atoms with van der Waals surface area (Å²) in [5, 5.41) is 0. The van der Waals surface area contributed by atoms with Crippen molar-refractivity contribution in [3.8, 4) is 0 Å². The lowest BCUT2D eigenvalue weighted by Gasteiger charge is -2.36. The molecule has 0 N–H and O–H groups in total. The van der Waals surface area contributed by atoms with Crippen LogP contribution in [0.2, 0.25) is 0 Å². The summed E-state index contributed by atoms with van der Waals surface area (Å²) in [4.78, 5) is 3.33. The lowest BCUT2D eigenvalue weighted by molar-refractivity contribution is 0.213. The molecule has 0 amide bonds. The fourth-order valence-electron chi connectivity index (χ4n) is 1.02. The van der Waals surface area contributed by atoms with Crippen molar-refractivity contribution in [2.75, 3.05) is 19.3 Å². The average molecular weight is 174 g/mol. The monoisotopic (exact) mass is 174 g/mol. The van der Waals surface area contributed by atoms with Crippen LogP contribution in [0.15, 0.2) is 0 Å². The number of sulfonamides is 1. The van der Waals surface area contributed by atoms with Crippen LogP contribution >= 0.6 is 0 Å². The highest BCUT2D eigenvalue weighted by molar-refractivity contribution is 7.88. The topological polar surface area (TPSA) is 41.7 Å². The smallest absolute Gasteiger partial charge is 0.256 e. The minimum absolute atomic E-state index is 0.343. The Balaban J connectivity index is 2.63. The largest absolute Gasteiger partial charge is 0.308 e. The van der Waals surface area contributed by atoms with Crippen molar-refractivity contribution in [3.63, 3.8) is 0 Å². The molecule has 0 aliphatic carbocycles. The normalized spacial score (nSPS) is 23.7. The number of hydrogen-bond acceptors (Lipinski definition) is 2. The van der Waals surface area contributed by atoms with E-state index in [1.54, 1.807) is 6.92 Å². The maximum absolute atomic E-state index is 10.8. The van der Waals surface area contributed by atoms with Gasteiger partial charge in [0.1, 0.15) is 0 Å². The molecular formula is C6H10N2O2S. The van der Waals surface area contributed by atoms with E-state index in [2.05, 4.69) is 4.85 Å². The molecular weight excluding hydrogens is 164 g/mol. The molecule has 0 aromatic carbocycles. The molecule has 0 saturated carbocycles. The first kappa shape index (κ1) is 8.50. The summed E-state index contributed by atoms with van der Waals surface area (Å²) in [6.45, 7) is 9.21. The van der Waals surface area contributed by atoms with E-state index < -0.39 is 15.6 Å². The van der Waals surface area contributed by atoms with Gasteiger partial charge in [-0.2, -0.15) is 4.31 Å². The standard InChI is InChI=1S/C6H10N2O2S/c1-6(7-2)4-8(5-6)11(3,9)10/h4-5H2,1,3H3. The van der Waals surface area contributed by atoms with Crippen LogP contribution in [-0.4, -0.2) is 37.6 Å². The molecule has 0 atom stereocenters. The highest BCUT2D eigenvalue weighted by Gasteiger charge is 2.49. The van der Waals surface area contributed by atoms with Crippen molar-refractivity contribution in [2.45, 2.75) is 12.5 Å². The molecule has 1 fully saturated rings. The Morgan fingerprint density at radius 3 is 2.27 bits per heavy atom. The van der Waals surface area contributed by atoms with Crippen molar-refractivity contribution < 1.29 is 8.42 Å². The summed E-state index contributed by atoms with van der Waals surface area (Å²) in [7, 11) is -3.06. The van der Waals surface area contributed by atoms with Crippen LogP contribution in [0.25, 0.3) is 4.85 Å². The molecule has 5 heteroatoms. The third kappa shape index (κ3) is 1.52. The van der Waals surface area contributed by atoms with Crippen LogP contribution in [0.3, 0.4) is 0 Å². The third-order valence-electron chi connectivity index (χ3n) is 1.77. The maximum atomic E-state index is 10.8. The van der Waals surface area contributed by atoms with Crippen LogP contribution in [0.5, 0.6) is 0 Å². The molecule has 11 heavy (non-hydrogen) atoms. The van der Waals surface area contributed by atoms with Gasteiger partial charge in [-0.25, -0.2) is 15.0 Å². The van der Waals surface area contributed by atoms with Gasteiger partial charge in [0.15, 0.2) is 0 Å². The molecule has 0 radical (unpaired) electrons. The number of hydrogen-bond donors (Lipinski definition) is 0. The Kier molecular flexibility index (Phi) is 1.69. The van der Waals surface area contributed by atoms with E-state index in [1.165, 1.54) is 4.31 Å². The zero-order valence-corrected chi connectivity index (χ0v) is 7.35. The van der Waals surface area contributed by atoms with E-state index in [4.69, 9.17) is 6.57 Å². The molecule has 1 heterocycles. The van der Waals surface area contributed by atoms with Gasteiger partial charge in [-0.3, -0.25) is 0 Å². The molecule has 0 bridgehead atoms. The molecule has 0 aromatic rings. The minimum atomic E-state index is -3.06. The van der Waals surface area contributed by atoms with Crippen LogP contribution in [0.1, 0.15) is 6.92 Å². The first-order valence-electron chi connectivity index (χ1n) is 3.21. The second kappa shape index (κ2) is 2.19. The Labute approximate surface area is 66.7 Å². The van der Waals surface area contributed by atoms with Gasteiger partial charge in [0.2, 0.25) is 10.0 Å². The van der Waals surface area contributed by atoms with E-state index >= 15 is 0 Å². The summed E-state index contributed by atoms with van der Waals surface area (Å²) in [6.07, 6.45) is 1.16. The first-order chi connectivity index (χ1) is 4.87. The van der Waals surface area contributed by atoms with Crippen LogP contribution < -0.4 is 0 Å². The summed E-state index contributed by atoms with van der Waals surface area (Å²) >= 11 is 0. The third-order valence-corrected chi connectivity index (χ3v) is 2.97. The van der Waals surface area contributed by atoms with Crippen molar-refractivity contribution >= 4 is 10.0 Å². The molecule has 1 rings (SSSR count). The predicted molar refractivity (Wildman–Crippen MR) is 41.4 cm³/mol. The first-order valence-corrected chi connectivity index (χ1v) is 5.06. The highest BCUT2D eigenvalue weighted by Crippen LogP contribution is 2.26. The molecule has 0 unspecified atom stereocenters. The fraction of sp³-hybridized carbons (Fsp3) is 0.833. The van der Waals surface area contributed by atoms with Crippen molar-refractivity contribution in [1.29, 1.82) is 0 Å². The van der Waals surface area contributed by atoms with E-state index in [9.17, 15) is 8.42 Å². The van der Waals surface area contributed by atoms with E-state index in [1.807, 2.05) is 0 Å². The molecule has 1 aliphatic rings. The van der Waals surface area contributed by atoms with Gasteiger partial charge in [0.25, 0.3) is 5.54 Å². The second-order valence-electron chi connectivity index (χ2n) is 3.14. The lowest BCUT2D eigenvalue weighted by atomic mass is 9.97. The lowest BCUT2D eigenvalue weighted by Crippen LogP contribution is -2.59. The van der Waals surface area contributed by atoms with Crippen LogP contribution in [-0.2, 0) is 10.0 Å². The van der Waals surface area contributed by atoms with Gasteiger partial charge in [0, 0.05) is 6.92 Å². The number of nitrogens with zero attached hydrogens (tertiary/aromatic N) is 2. The second-order valence-corrected chi connectivity index (χ2v) is 5.12. The van der Waals surface area contributed by atoms with E-state index in [0.717, 1.165) is 6.26 Å². The zero-order chi connectivity index (χ0) is 8.70. The fourth-order valence-corrected chi connectivity index (χ4v) is 2.04. The Hall–Kier alpha value is -0.600. The molecule has 0 spiro atoms. The summed E-state index contributed by atoms with van der Waals surface area (Å²) in [5.41, 5.74) is -0.469. The summed E-state index contributed by atoms with van der Waals surface area (Å²) in [6, 6.07) is 0. The molecule has 0 aromatic heterocycles. The predicted octanol–water partition coefficient (Wildman–Crippen LogP) is -0.0604. The van der Waals surface area contributed by atoms with Gasteiger partial charge in [0.05, 0.1) is 19.3 Å². The van der Waals surface area contributed by atoms with Gasteiger partial charge in [-0.15, -0.1) is 0 Å². The zero-order valence-electron chi connectivity index (χ0n) is 6.53. The average Bonchev–Trinajstić information content (AvgIpc) is 1.78. The maximum Gasteiger partial charge on any atom is 0.256 e. The van der Waals surface area contributed by atoms with E-state index in [0.29, 0.717) is 13.1 Å². The summed E-state index contributed by atoms with van der Waals surface area (Å²) < 4.78 is 23.0. The SMILES string of the molecule is [C-]#[N+]C1(C)CN(S(C)(=O)=O)C1. The van der Waals surface area contributed by atoms with E-state index in [-0.39, 0.29) is 0 Å². The highest BCUT2D eigenvalue weighted by atomic mass is 32.2. The Morgan fingerprint density at radius 1 is 1.55 bits per heavy atom. The van der Waals surface area contributed by atoms with Crippen LogP contribution in [0.4, 0.5) is 0 Å². The van der Waals surface area contributed by atoms with Crippen molar-refractivity contribution in [2.24, 2.45) is 0 Å². The minimum Gasteiger partial charge on any atom is -0.308 e. The van der Waals surface area contributed by atoms with Gasteiger partial charge in [-0.05, 0) is 0 Å². The summed E-state index contributed by atoms with van der Waals surface area (Å²) in [5.74, 6) is 0. The van der Waals surface area contributed by atoms with Gasteiger partial charge >= 0.3 is 0 Å². The molecule has 62 valence electrons.